The molecule has 2 aromatic rings. The first-order valence-electron chi connectivity index (χ1n) is 7.32. The van der Waals surface area contributed by atoms with Crippen LogP contribution in [0, 0.1) is 0 Å². The van der Waals surface area contributed by atoms with Crippen LogP contribution in [0.15, 0.2) is 45.6 Å². The van der Waals surface area contributed by atoms with Crippen molar-refractivity contribution in [1.29, 1.82) is 0 Å². The van der Waals surface area contributed by atoms with Crippen LogP contribution in [0.2, 0.25) is 0 Å². The molecule has 11 heteroatoms. The van der Waals surface area contributed by atoms with E-state index in [1.807, 2.05) is 0 Å². The van der Waals surface area contributed by atoms with Crippen LogP contribution in [0.4, 0.5) is 13.2 Å². The Kier molecular flexibility index (Phi) is 6.26. The van der Waals surface area contributed by atoms with Crippen molar-refractivity contribution in [3.8, 4) is 0 Å². The van der Waals surface area contributed by atoms with Gasteiger partial charge in [0.1, 0.15) is 4.21 Å². The maximum atomic E-state index is 12.7. The predicted octanol–water partition coefficient (Wildman–Crippen LogP) is 2.28. The summed E-state index contributed by atoms with van der Waals surface area (Å²) in [6.07, 6.45) is -4.39. The first-order valence-corrected chi connectivity index (χ1v) is 9.68. The third kappa shape index (κ3) is 5.71. The fourth-order valence-corrected chi connectivity index (χ4v) is 3.76. The number of benzene rings is 1. The Morgan fingerprint density at radius 2 is 1.88 bits per heavy atom. The van der Waals surface area contributed by atoms with Gasteiger partial charge in [-0.1, -0.05) is 12.1 Å². The molecule has 2 rings (SSSR count). The van der Waals surface area contributed by atoms with E-state index in [0.29, 0.717) is 18.1 Å². The van der Waals surface area contributed by atoms with Gasteiger partial charge in [0.05, 0.1) is 12.1 Å². The number of alkyl halides is 3. The number of primary sulfonamides is 1. The van der Waals surface area contributed by atoms with Gasteiger partial charge in [-0.3, -0.25) is 4.99 Å². The second-order valence-corrected chi connectivity index (χ2v) is 8.20. The van der Waals surface area contributed by atoms with Crippen molar-refractivity contribution in [2.24, 2.45) is 10.1 Å². The molecule has 1 heterocycles. The highest BCUT2D eigenvalue weighted by molar-refractivity contribution is 7.91. The zero-order valence-electron chi connectivity index (χ0n) is 13.7. The summed E-state index contributed by atoms with van der Waals surface area (Å²) in [4.78, 5) is 4.70. The summed E-state index contributed by atoms with van der Waals surface area (Å²) in [5.74, 6) is 0.368. The van der Waals surface area contributed by atoms with Crippen molar-refractivity contribution in [2.75, 3.05) is 7.05 Å². The summed E-state index contributed by atoms with van der Waals surface area (Å²) in [5.41, 5.74) is -0.260. The highest BCUT2D eigenvalue weighted by Gasteiger charge is 2.30. The molecule has 0 saturated carbocycles. The van der Waals surface area contributed by atoms with Crippen LogP contribution in [0.3, 0.4) is 0 Å². The van der Waals surface area contributed by atoms with Gasteiger partial charge in [-0.2, -0.15) is 13.2 Å². The Morgan fingerprint density at radius 3 is 2.46 bits per heavy atom. The maximum absolute atomic E-state index is 12.7. The van der Waals surface area contributed by atoms with E-state index in [4.69, 9.17) is 5.14 Å². The Morgan fingerprint density at radius 1 is 1.19 bits per heavy atom. The van der Waals surface area contributed by atoms with Crippen molar-refractivity contribution in [3.05, 3.63) is 52.4 Å². The van der Waals surface area contributed by atoms with Crippen molar-refractivity contribution in [3.63, 3.8) is 0 Å². The van der Waals surface area contributed by atoms with Gasteiger partial charge in [-0.25, -0.2) is 13.6 Å². The molecule has 0 radical (unpaired) electrons. The summed E-state index contributed by atoms with van der Waals surface area (Å²) in [5, 5.41) is 10.9. The molecule has 0 unspecified atom stereocenters. The number of sulfonamides is 1. The van der Waals surface area contributed by atoms with Crippen LogP contribution < -0.4 is 15.8 Å². The zero-order valence-corrected chi connectivity index (χ0v) is 15.3. The Labute approximate surface area is 153 Å². The van der Waals surface area contributed by atoms with Crippen molar-refractivity contribution >= 4 is 27.3 Å². The number of nitrogens with two attached hydrogens (primary N) is 1. The van der Waals surface area contributed by atoms with Crippen LogP contribution in [-0.4, -0.2) is 21.4 Å². The number of halogens is 3. The van der Waals surface area contributed by atoms with Crippen LogP contribution >= 0.6 is 11.3 Å². The van der Waals surface area contributed by atoms with E-state index in [1.54, 1.807) is 12.1 Å². The molecule has 0 spiro atoms. The minimum absolute atomic E-state index is 0.0567. The van der Waals surface area contributed by atoms with Crippen molar-refractivity contribution < 1.29 is 21.6 Å². The molecule has 6 nitrogen and oxygen atoms in total. The molecule has 0 atom stereocenters. The van der Waals surface area contributed by atoms with Gasteiger partial charge < -0.3 is 10.6 Å². The lowest BCUT2D eigenvalue weighted by Crippen LogP contribution is -2.36. The molecule has 0 amide bonds. The van der Waals surface area contributed by atoms with Gasteiger partial charge in [-0.05, 0) is 29.8 Å². The van der Waals surface area contributed by atoms with Crippen LogP contribution in [-0.2, 0) is 29.3 Å². The Balaban J connectivity index is 1.93. The minimum atomic E-state index is -4.39. The smallest absolute Gasteiger partial charge is 0.352 e. The third-order valence-corrected chi connectivity index (χ3v) is 5.81. The minimum Gasteiger partial charge on any atom is -0.352 e. The van der Waals surface area contributed by atoms with Gasteiger partial charge in [-0.15, -0.1) is 11.3 Å². The fourth-order valence-electron chi connectivity index (χ4n) is 2.04. The molecule has 4 N–H and O–H groups in total. The number of hydrogen-bond acceptors (Lipinski definition) is 4. The molecule has 0 fully saturated rings. The van der Waals surface area contributed by atoms with E-state index in [9.17, 15) is 21.6 Å². The molecule has 0 aliphatic rings. The first kappa shape index (κ1) is 20.2. The average Bonchev–Trinajstić information content (AvgIpc) is 3.04. The normalized spacial score (nSPS) is 12.9. The van der Waals surface area contributed by atoms with E-state index in [0.717, 1.165) is 28.3 Å². The second-order valence-electron chi connectivity index (χ2n) is 5.24. The van der Waals surface area contributed by atoms with E-state index in [-0.39, 0.29) is 10.8 Å². The van der Waals surface area contributed by atoms with E-state index in [2.05, 4.69) is 15.6 Å². The van der Waals surface area contributed by atoms with Gasteiger partial charge in [0.25, 0.3) is 0 Å². The highest BCUT2D eigenvalue weighted by Crippen LogP contribution is 2.29. The summed E-state index contributed by atoms with van der Waals surface area (Å²) < 4.78 is 60.7. The molecule has 0 aliphatic heterocycles. The number of nitrogens with one attached hydrogen (secondary N) is 2. The fraction of sp³-hybridized carbons (Fsp3) is 0.267. The van der Waals surface area contributed by atoms with E-state index >= 15 is 0 Å². The lowest BCUT2D eigenvalue weighted by atomic mass is 10.1. The monoisotopic (exact) mass is 406 g/mol. The molecule has 26 heavy (non-hydrogen) atoms. The molecule has 142 valence electrons. The molecule has 1 aromatic heterocycles. The average molecular weight is 406 g/mol. The predicted molar refractivity (Wildman–Crippen MR) is 94.2 cm³/mol. The lowest BCUT2D eigenvalue weighted by molar-refractivity contribution is -0.137. The SMILES string of the molecule is CN=C(NCc1cccc(C(F)(F)F)c1)NCc1ccc(S(N)(=O)=O)s1. The highest BCUT2D eigenvalue weighted by atomic mass is 32.2. The number of guanidine groups is 1. The number of aliphatic imine (C=N–C) groups is 1. The largest absolute Gasteiger partial charge is 0.416 e. The van der Waals surface area contributed by atoms with E-state index < -0.39 is 21.8 Å². The van der Waals surface area contributed by atoms with Crippen molar-refractivity contribution in [2.45, 2.75) is 23.5 Å². The van der Waals surface area contributed by atoms with E-state index in [1.165, 1.54) is 19.2 Å². The quantitative estimate of drug-likeness (QED) is 0.524. The third-order valence-electron chi connectivity index (χ3n) is 3.29. The van der Waals surface area contributed by atoms with Gasteiger partial charge in [0.15, 0.2) is 5.96 Å². The second kappa shape index (κ2) is 8.06. The molecular weight excluding hydrogens is 389 g/mol. The number of thiophene rings is 1. The van der Waals surface area contributed by atoms with Crippen LogP contribution in [0.1, 0.15) is 16.0 Å². The van der Waals surface area contributed by atoms with Crippen LogP contribution in [0.25, 0.3) is 0 Å². The lowest BCUT2D eigenvalue weighted by Gasteiger charge is -2.12. The summed E-state index contributed by atoms with van der Waals surface area (Å²) in [6, 6.07) is 8.03. The molecule has 0 aliphatic carbocycles. The molecular formula is C15H17F3N4O2S2. The summed E-state index contributed by atoms with van der Waals surface area (Å²) in [7, 11) is -2.22. The Hall–Kier alpha value is -2.11. The number of hydrogen-bond donors (Lipinski definition) is 3. The summed E-state index contributed by atoms with van der Waals surface area (Å²) >= 11 is 1.03. The zero-order chi connectivity index (χ0) is 19.4. The number of nitrogens with zero attached hydrogens (tertiary/aromatic N) is 1. The molecule has 0 bridgehead atoms. The Bertz CT molecular complexity index is 892. The van der Waals surface area contributed by atoms with Gasteiger partial charge >= 0.3 is 6.18 Å². The van der Waals surface area contributed by atoms with Crippen LogP contribution in [0.5, 0.6) is 0 Å². The van der Waals surface area contributed by atoms with Gasteiger partial charge in [0.2, 0.25) is 10.0 Å². The standard InChI is InChI=1S/C15H17F3N4O2S2/c1-20-14(22-9-12-5-6-13(25-12)26(19,23)24)21-8-10-3-2-4-11(7-10)15(16,17)18/h2-7H,8-9H2,1H3,(H2,19,23,24)(H2,20,21,22). The van der Waals surface area contributed by atoms with Crippen molar-refractivity contribution in [1.82, 2.24) is 10.6 Å². The number of rotatable bonds is 5. The topological polar surface area (TPSA) is 96.6 Å². The molecule has 1 aromatic carbocycles. The first-order chi connectivity index (χ1) is 12.1. The summed E-state index contributed by atoms with van der Waals surface area (Å²) in [6.45, 7) is 0.443. The molecule has 0 saturated heterocycles. The van der Waals surface area contributed by atoms with Gasteiger partial charge in [0, 0.05) is 18.5 Å². The maximum Gasteiger partial charge on any atom is 0.416 e.